The average Bonchev–Trinajstić information content (AvgIpc) is 3.15. The fourth-order valence-corrected chi connectivity index (χ4v) is 8.21. The predicted octanol–water partition coefficient (Wildman–Crippen LogP) is 9.19. The number of aryl methyl sites for hydroxylation is 2. The molecule has 7 nitrogen and oxygen atoms in total. The van der Waals surface area contributed by atoms with Gasteiger partial charge in [0.15, 0.2) is 0 Å². The first-order valence-electron chi connectivity index (χ1n) is 17.7. The van der Waals surface area contributed by atoms with Crippen LogP contribution in [0.5, 0.6) is 5.75 Å². The Kier molecular flexibility index (Phi) is 9.01. The van der Waals surface area contributed by atoms with E-state index in [4.69, 9.17) is 4.74 Å². The van der Waals surface area contributed by atoms with Gasteiger partial charge in [-0.2, -0.15) is 0 Å². The Morgan fingerprint density at radius 1 is 0.769 bits per heavy atom. The van der Waals surface area contributed by atoms with Gasteiger partial charge < -0.3 is 9.64 Å². The van der Waals surface area contributed by atoms with Crippen molar-refractivity contribution in [3.8, 4) is 5.75 Å². The van der Waals surface area contributed by atoms with E-state index in [2.05, 4.69) is 101 Å². The summed E-state index contributed by atoms with van der Waals surface area (Å²) in [6, 6.07) is 35.7. The fraction of sp³-hybridized carbons (Fsp3) is 0.205. The third kappa shape index (κ3) is 6.32. The number of urea groups is 1. The summed E-state index contributed by atoms with van der Waals surface area (Å²) in [7, 11) is 0. The minimum Gasteiger partial charge on any atom is -0.488 e. The Labute approximate surface area is 312 Å². The van der Waals surface area contributed by atoms with Crippen LogP contribution in [0, 0.1) is 13.8 Å². The number of hydrogen-bond donors (Lipinski definition) is 1. The number of nitrogens with zero attached hydrogens (tertiary/aromatic N) is 2. The van der Waals surface area contributed by atoms with Crippen molar-refractivity contribution < 1.29 is 19.1 Å². The highest BCUT2D eigenvalue weighted by molar-refractivity contribution is 9.10. The van der Waals surface area contributed by atoms with E-state index in [9.17, 15) is 14.4 Å². The molecule has 8 heteroatoms. The second-order valence-corrected chi connectivity index (χ2v) is 14.7. The summed E-state index contributed by atoms with van der Waals surface area (Å²) < 4.78 is 7.00. The smallest absolute Gasteiger partial charge is 0.335 e. The quantitative estimate of drug-likeness (QED) is 0.133. The minimum atomic E-state index is -0.768. The molecule has 0 unspecified atom stereocenters. The van der Waals surface area contributed by atoms with Gasteiger partial charge in [0.05, 0.1) is 5.69 Å². The number of ether oxygens (including phenoxy) is 1. The Bertz CT molecular complexity index is 2180. The lowest BCUT2D eigenvalue weighted by atomic mass is 9.76. The maximum atomic E-state index is 14.5. The third-order valence-electron chi connectivity index (χ3n) is 10.6. The lowest BCUT2D eigenvalue weighted by molar-refractivity contribution is -0.122. The van der Waals surface area contributed by atoms with Crippen LogP contribution >= 0.6 is 15.9 Å². The molecule has 2 atom stereocenters. The number of hydrogen-bond acceptors (Lipinski definition) is 5. The molecule has 0 spiro atoms. The first-order valence-corrected chi connectivity index (χ1v) is 18.5. The lowest BCUT2D eigenvalue weighted by Crippen LogP contribution is -2.54. The van der Waals surface area contributed by atoms with Crippen molar-refractivity contribution in [1.29, 1.82) is 0 Å². The zero-order chi connectivity index (χ0) is 35.9. The van der Waals surface area contributed by atoms with Crippen LogP contribution in [0.4, 0.5) is 16.2 Å². The minimum absolute atomic E-state index is 0.0824. The van der Waals surface area contributed by atoms with Crippen LogP contribution in [-0.4, -0.2) is 30.9 Å². The van der Waals surface area contributed by atoms with Crippen LogP contribution in [0.3, 0.4) is 0 Å². The molecular weight excluding hydrogens is 714 g/mol. The van der Waals surface area contributed by atoms with Crippen molar-refractivity contribution in [2.24, 2.45) is 0 Å². The Balaban J connectivity index is 1.21. The summed E-state index contributed by atoms with van der Waals surface area (Å²) in [5.41, 5.74) is 9.94. The summed E-state index contributed by atoms with van der Waals surface area (Å²) in [5, 5.41) is 2.45. The van der Waals surface area contributed by atoms with Gasteiger partial charge in [0.1, 0.15) is 17.9 Å². The summed E-state index contributed by atoms with van der Waals surface area (Å²) in [6.45, 7) is 6.28. The van der Waals surface area contributed by atoms with Gasteiger partial charge in [-0.3, -0.25) is 14.9 Å². The zero-order valence-electron chi connectivity index (χ0n) is 29.1. The van der Waals surface area contributed by atoms with Crippen LogP contribution in [0.15, 0.2) is 119 Å². The number of barbiturate groups is 1. The number of halogens is 1. The van der Waals surface area contributed by atoms with E-state index in [-0.39, 0.29) is 17.4 Å². The number of amides is 4. The monoisotopic (exact) mass is 751 g/mol. The fourth-order valence-electron chi connectivity index (χ4n) is 7.83. The topological polar surface area (TPSA) is 79.0 Å². The van der Waals surface area contributed by atoms with Gasteiger partial charge in [-0.1, -0.05) is 94.8 Å². The van der Waals surface area contributed by atoms with E-state index < -0.39 is 17.8 Å². The number of imide groups is 2. The maximum absolute atomic E-state index is 14.5. The van der Waals surface area contributed by atoms with Crippen molar-refractivity contribution >= 4 is 51.2 Å². The van der Waals surface area contributed by atoms with Crippen molar-refractivity contribution in [3.05, 3.63) is 164 Å². The Morgan fingerprint density at radius 2 is 1.40 bits per heavy atom. The molecule has 3 aliphatic heterocycles. The normalized spacial score (nSPS) is 19.1. The molecular formula is C44H38BrN3O4. The molecule has 52 heavy (non-hydrogen) atoms. The largest absolute Gasteiger partial charge is 0.488 e. The molecule has 1 saturated heterocycles. The van der Waals surface area contributed by atoms with Crippen molar-refractivity contribution in [3.63, 3.8) is 0 Å². The number of carbonyl (C=O) groups excluding carboxylic acids is 3. The molecule has 0 bridgehead atoms. The van der Waals surface area contributed by atoms with E-state index in [1.54, 1.807) is 12.1 Å². The predicted molar refractivity (Wildman–Crippen MR) is 208 cm³/mol. The van der Waals surface area contributed by atoms with Crippen molar-refractivity contribution in [2.75, 3.05) is 22.9 Å². The number of nitrogens with one attached hydrogen (secondary N) is 1. The van der Waals surface area contributed by atoms with Crippen LogP contribution in [0.25, 0.3) is 6.08 Å². The molecule has 5 aromatic carbocycles. The second kappa shape index (κ2) is 13.9. The van der Waals surface area contributed by atoms with E-state index in [0.29, 0.717) is 23.6 Å². The van der Waals surface area contributed by atoms with E-state index in [1.807, 2.05) is 36.4 Å². The molecule has 4 amide bonds. The Morgan fingerprint density at radius 3 is 2.02 bits per heavy atom. The van der Waals surface area contributed by atoms with Gasteiger partial charge in [0, 0.05) is 40.6 Å². The first-order chi connectivity index (χ1) is 25.2. The molecule has 1 N–H and O–H groups in total. The maximum Gasteiger partial charge on any atom is 0.335 e. The summed E-state index contributed by atoms with van der Waals surface area (Å²) in [4.78, 5) is 45.1. The molecule has 8 rings (SSSR count). The number of rotatable bonds is 7. The molecule has 5 aromatic rings. The van der Waals surface area contributed by atoms with Crippen LogP contribution in [-0.2, 0) is 16.2 Å². The van der Waals surface area contributed by atoms with E-state index >= 15 is 0 Å². The highest BCUT2D eigenvalue weighted by Crippen LogP contribution is 2.50. The van der Waals surface area contributed by atoms with Gasteiger partial charge in [-0.15, -0.1) is 0 Å². The van der Waals surface area contributed by atoms with Gasteiger partial charge in [-0.25, -0.2) is 9.69 Å². The number of benzene rings is 5. The zero-order valence-corrected chi connectivity index (χ0v) is 30.7. The van der Waals surface area contributed by atoms with Gasteiger partial charge in [0.25, 0.3) is 11.8 Å². The molecule has 0 radical (unpaired) electrons. The average molecular weight is 753 g/mol. The second-order valence-electron chi connectivity index (χ2n) is 13.8. The third-order valence-corrected chi connectivity index (χ3v) is 11.1. The molecule has 0 aromatic heterocycles. The SMILES string of the molecule is Cc1ccc(COc2ccc(Br)cc2/C=C2\C(=O)NC(=O)N(c3cc4c5c(c3)[C@H](c3ccccc3)CCN5CC[C@@H]4c3ccccc3)C2=O)cc1C. The molecule has 0 saturated carbocycles. The molecule has 1 fully saturated rings. The van der Waals surface area contributed by atoms with Crippen LogP contribution < -0.4 is 19.9 Å². The van der Waals surface area contributed by atoms with E-state index in [1.165, 1.54) is 34.0 Å². The molecule has 3 aliphatic rings. The van der Waals surface area contributed by atoms with Crippen molar-refractivity contribution in [2.45, 2.75) is 45.1 Å². The number of carbonyl (C=O) groups is 3. The molecule has 3 heterocycles. The van der Waals surface area contributed by atoms with Crippen LogP contribution in [0.2, 0.25) is 0 Å². The van der Waals surface area contributed by atoms with Gasteiger partial charge in [-0.05, 0) is 102 Å². The van der Waals surface area contributed by atoms with E-state index in [0.717, 1.165) is 52.0 Å². The summed E-state index contributed by atoms with van der Waals surface area (Å²) in [5.74, 6) is -0.760. The lowest BCUT2D eigenvalue weighted by Gasteiger charge is -2.44. The van der Waals surface area contributed by atoms with Gasteiger partial charge >= 0.3 is 6.03 Å². The number of anilines is 2. The van der Waals surface area contributed by atoms with Crippen molar-refractivity contribution in [1.82, 2.24) is 5.32 Å². The summed E-state index contributed by atoms with van der Waals surface area (Å²) in [6.07, 6.45) is 3.34. The highest BCUT2D eigenvalue weighted by Gasteiger charge is 2.40. The molecule has 0 aliphatic carbocycles. The standard InChI is InChI=1S/C44H38BrN3O4/c1-27-13-14-29(21-28(27)2)26-52-40-16-15-33(45)22-32(40)23-39-42(49)46-44(51)48(43(39)50)34-24-37-35(30-9-5-3-6-10-30)17-19-47-20-18-36(38(25-34)41(37)47)31-11-7-4-8-12-31/h3-16,21-25,35-36H,17-20,26H2,1-2H3,(H,46,49,51)/b39-23+/t35-,36+. The summed E-state index contributed by atoms with van der Waals surface area (Å²) >= 11 is 3.54. The van der Waals surface area contributed by atoms with Gasteiger partial charge in [0.2, 0.25) is 0 Å². The Hall–Kier alpha value is -5.47. The first kappa shape index (κ1) is 33.7. The van der Waals surface area contributed by atoms with Crippen LogP contribution in [0.1, 0.15) is 69.2 Å². The molecule has 260 valence electrons. The highest BCUT2D eigenvalue weighted by atomic mass is 79.9.